The molecule has 0 spiro atoms. The van der Waals surface area contributed by atoms with Crippen LogP contribution in [0, 0.1) is 5.92 Å². The molecule has 0 N–H and O–H groups in total. The Morgan fingerprint density at radius 3 is 2.00 bits per heavy atom. The molecule has 0 aromatic carbocycles. The second-order valence-corrected chi connectivity index (χ2v) is 5.16. The Balaban J connectivity index is 3.41. The van der Waals surface area contributed by atoms with Crippen LogP contribution in [-0.4, -0.2) is 11.5 Å². The first-order valence-electron chi connectivity index (χ1n) is 3.41. The van der Waals surface area contributed by atoms with Gasteiger partial charge in [-0.2, -0.15) is 0 Å². The van der Waals surface area contributed by atoms with Crippen molar-refractivity contribution in [3.8, 4) is 0 Å². The van der Waals surface area contributed by atoms with Crippen LogP contribution >= 0.6 is 21.6 Å². The minimum atomic E-state index is 0.826. The molecule has 0 aromatic rings. The molecule has 0 aliphatic heterocycles. The highest BCUT2D eigenvalue weighted by atomic mass is 33.1. The van der Waals surface area contributed by atoms with E-state index in [0.29, 0.717) is 0 Å². The van der Waals surface area contributed by atoms with Gasteiger partial charge in [-0.25, -0.2) is 0 Å². The third kappa shape index (κ3) is 4.15. The number of rotatable bonds is 4. The maximum Gasteiger partial charge on any atom is 0.0171 e. The summed E-state index contributed by atoms with van der Waals surface area (Å²) in [5.74, 6) is 0.826. The van der Waals surface area contributed by atoms with Crippen LogP contribution in [0.4, 0.5) is 0 Å². The molecule has 0 aliphatic rings. The largest absolute Gasteiger partial charge is 0.0973 e. The van der Waals surface area contributed by atoms with Gasteiger partial charge in [-0.05, 0) is 18.6 Å². The Morgan fingerprint density at radius 1 is 1.33 bits per heavy atom. The van der Waals surface area contributed by atoms with E-state index in [-0.39, 0.29) is 0 Å². The average Bonchev–Trinajstić information content (AvgIpc) is 1.82. The van der Waals surface area contributed by atoms with E-state index in [9.17, 15) is 0 Å². The molecule has 0 fully saturated rings. The van der Waals surface area contributed by atoms with Crippen LogP contribution < -0.4 is 0 Å². The maximum absolute atomic E-state index is 2.29. The normalized spacial score (nSPS) is 14.3. The molecular formula is C7H16S2. The van der Waals surface area contributed by atoms with Crippen LogP contribution in [0.15, 0.2) is 0 Å². The van der Waals surface area contributed by atoms with Crippen molar-refractivity contribution in [2.75, 3.05) is 6.26 Å². The van der Waals surface area contributed by atoms with Gasteiger partial charge in [-0.1, -0.05) is 42.4 Å². The Bertz CT molecular complexity index is 61.9. The second-order valence-electron chi connectivity index (χ2n) is 2.45. The summed E-state index contributed by atoms with van der Waals surface area (Å²) < 4.78 is 0. The fourth-order valence-corrected chi connectivity index (χ4v) is 3.20. The summed E-state index contributed by atoms with van der Waals surface area (Å²) in [7, 11) is 3.88. The van der Waals surface area contributed by atoms with E-state index in [1.54, 1.807) is 0 Å². The molecule has 1 unspecified atom stereocenters. The van der Waals surface area contributed by atoms with E-state index in [1.165, 1.54) is 6.42 Å². The van der Waals surface area contributed by atoms with E-state index in [2.05, 4.69) is 27.0 Å². The molecule has 1 atom stereocenters. The van der Waals surface area contributed by atoms with Gasteiger partial charge in [0.2, 0.25) is 0 Å². The fourth-order valence-electron chi connectivity index (χ4n) is 0.774. The van der Waals surface area contributed by atoms with Crippen LogP contribution in [0.1, 0.15) is 27.2 Å². The predicted octanol–water partition coefficient (Wildman–Crippen LogP) is 3.43. The second kappa shape index (κ2) is 5.48. The highest BCUT2D eigenvalue weighted by Crippen LogP contribution is 2.30. The summed E-state index contributed by atoms with van der Waals surface area (Å²) in [4.78, 5) is 0. The molecule has 56 valence electrons. The molecule has 0 bridgehead atoms. The molecular weight excluding hydrogens is 148 g/mol. The topological polar surface area (TPSA) is 0 Å². The minimum absolute atomic E-state index is 0.826. The summed E-state index contributed by atoms with van der Waals surface area (Å²) in [6.45, 7) is 6.84. The van der Waals surface area contributed by atoms with Crippen molar-refractivity contribution in [1.82, 2.24) is 0 Å². The van der Waals surface area contributed by atoms with Gasteiger partial charge in [0, 0.05) is 5.25 Å². The Labute approximate surface area is 66.6 Å². The molecule has 0 rings (SSSR count). The van der Waals surface area contributed by atoms with E-state index < -0.39 is 0 Å². The molecule has 0 aromatic heterocycles. The Morgan fingerprint density at radius 2 is 1.89 bits per heavy atom. The molecule has 0 nitrogen and oxygen atoms in total. The Kier molecular flexibility index (Phi) is 5.91. The van der Waals surface area contributed by atoms with Gasteiger partial charge < -0.3 is 0 Å². The van der Waals surface area contributed by atoms with E-state index in [4.69, 9.17) is 0 Å². The van der Waals surface area contributed by atoms with Gasteiger partial charge in [0.25, 0.3) is 0 Å². The van der Waals surface area contributed by atoms with Crippen molar-refractivity contribution < 1.29 is 0 Å². The quantitative estimate of drug-likeness (QED) is 0.584. The van der Waals surface area contributed by atoms with Crippen LogP contribution in [0.2, 0.25) is 0 Å². The lowest BCUT2D eigenvalue weighted by Crippen LogP contribution is -2.07. The minimum Gasteiger partial charge on any atom is -0.0973 e. The zero-order valence-corrected chi connectivity index (χ0v) is 8.31. The highest BCUT2D eigenvalue weighted by molar-refractivity contribution is 8.76. The number of hydrogen-bond acceptors (Lipinski definition) is 2. The van der Waals surface area contributed by atoms with Crippen molar-refractivity contribution in [2.45, 2.75) is 32.4 Å². The molecule has 2 heteroatoms. The Hall–Kier alpha value is 0.700. The van der Waals surface area contributed by atoms with Gasteiger partial charge in [-0.15, -0.1) is 0 Å². The summed E-state index contributed by atoms with van der Waals surface area (Å²) >= 11 is 0. The van der Waals surface area contributed by atoms with Crippen molar-refractivity contribution in [3.05, 3.63) is 0 Å². The smallest absolute Gasteiger partial charge is 0.0171 e. The third-order valence-corrected chi connectivity index (χ3v) is 4.00. The number of hydrogen-bond donors (Lipinski definition) is 0. The van der Waals surface area contributed by atoms with Crippen molar-refractivity contribution in [1.29, 1.82) is 0 Å². The van der Waals surface area contributed by atoms with Gasteiger partial charge in [0.05, 0.1) is 0 Å². The average molecular weight is 164 g/mol. The van der Waals surface area contributed by atoms with Crippen molar-refractivity contribution >= 4 is 21.6 Å². The van der Waals surface area contributed by atoms with Crippen LogP contribution in [0.25, 0.3) is 0 Å². The molecule has 0 saturated heterocycles. The summed E-state index contributed by atoms with van der Waals surface area (Å²) in [5, 5.41) is 0.847. The third-order valence-electron chi connectivity index (χ3n) is 1.37. The van der Waals surface area contributed by atoms with Gasteiger partial charge in [0.15, 0.2) is 0 Å². The van der Waals surface area contributed by atoms with E-state index in [1.807, 2.05) is 21.6 Å². The fraction of sp³-hybridized carbons (Fsp3) is 1.00. The van der Waals surface area contributed by atoms with Crippen molar-refractivity contribution in [3.63, 3.8) is 0 Å². The summed E-state index contributed by atoms with van der Waals surface area (Å²) in [5.41, 5.74) is 0. The first-order valence-corrected chi connectivity index (χ1v) is 6.04. The molecule has 0 heterocycles. The first-order chi connectivity index (χ1) is 4.22. The molecule has 0 saturated carbocycles. The zero-order chi connectivity index (χ0) is 7.28. The summed E-state index contributed by atoms with van der Waals surface area (Å²) in [6, 6.07) is 0. The monoisotopic (exact) mass is 164 g/mol. The highest BCUT2D eigenvalue weighted by Gasteiger charge is 2.09. The van der Waals surface area contributed by atoms with Crippen LogP contribution in [0.3, 0.4) is 0 Å². The first kappa shape index (κ1) is 9.70. The molecule has 9 heavy (non-hydrogen) atoms. The zero-order valence-electron chi connectivity index (χ0n) is 6.68. The van der Waals surface area contributed by atoms with Gasteiger partial charge in [0.1, 0.15) is 0 Å². The van der Waals surface area contributed by atoms with Crippen LogP contribution in [-0.2, 0) is 0 Å². The maximum atomic E-state index is 2.29. The van der Waals surface area contributed by atoms with Gasteiger partial charge in [-0.3, -0.25) is 0 Å². The van der Waals surface area contributed by atoms with Crippen molar-refractivity contribution in [2.24, 2.45) is 5.92 Å². The molecule has 0 aliphatic carbocycles. The van der Waals surface area contributed by atoms with E-state index >= 15 is 0 Å². The predicted molar refractivity (Wildman–Crippen MR) is 50.0 cm³/mol. The standard InChI is InChI=1S/C7H16S2/c1-5-7(6(2)3)9-8-4/h6-7H,5H2,1-4H3. The van der Waals surface area contributed by atoms with E-state index in [0.717, 1.165) is 11.2 Å². The lowest BCUT2D eigenvalue weighted by molar-refractivity contribution is 0.596. The molecule has 0 amide bonds. The lowest BCUT2D eigenvalue weighted by atomic mass is 10.1. The molecule has 0 radical (unpaired) electrons. The SMILES string of the molecule is CCC(SSC)C(C)C. The lowest BCUT2D eigenvalue weighted by Gasteiger charge is -2.15. The van der Waals surface area contributed by atoms with Gasteiger partial charge >= 0.3 is 0 Å². The van der Waals surface area contributed by atoms with Crippen LogP contribution in [0.5, 0.6) is 0 Å². The summed E-state index contributed by atoms with van der Waals surface area (Å²) in [6.07, 6.45) is 3.44.